The number of ether oxygens (including phenoxy) is 1. The monoisotopic (exact) mass is 269 g/mol. The van der Waals surface area contributed by atoms with E-state index < -0.39 is 12.3 Å². The molecule has 0 aliphatic carbocycles. The lowest BCUT2D eigenvalue weighted by Crippen LogP contribution is -2.31. The van der Waals surface area contributed by atoms with E-state index >= 15 is 0 Å². The Hall–Kier alpha value is -0.890. The predicted octanol–water partition coefficient (Wildman–Crippen LogP) is 2.37. The van der Waals surface area contributed by atoms with Crippen LogP contribution in [0.25, 0.3) is 0 Å². The van der Waals surface area contributed by atoms with Gasteiger partial charge in [-0.2, -0.15) is 13.2 Å². The smallest absolute Gasteiger partial charge is 0.425 e. The summed E-state index contributed by atoms with van der Waals surface area (Å²) in [6.45, 7) is 4.28. The molecule has 1 N–H and O–H groups in total. The highest BCUT2D eigenvalue weighted by Gasteiger charge is 2.38. The zero-order valence-corrected chi connectivity index (χ0v) is 10.4. The summed E-state index contributed by atoms with van der Waals surface area (Å²) in [5.41, 5.74) is 0. The number of halogens is 3. The first-order valence-corrected chi connectivity index (χ1v) is 6.01. The molecule has 0 saturated carbocycles. The van der Waals surface area contributed by atoms with Crippen molar-refractivity contribution in [1.29, 1.82) is 0 Å². The highest BCUT2D eigenvalue weighted by molar-refractivity contribution is 7.13. The molecule has 0 saturated heterocycles. The molecule has 1 atom stereocenters. The van der Waals surface area contributed by atoms with E-state index in [9.17, 15) is 13.2 Å². The normalized spacial score (nSPS) is 13.7. The summed E-state index contributed by atoms with van der Waals surface area (Å²) >= 11 is 1.02. The topological polar surface area (TPSA) is 47.0 Å². The predicted molar refractivity (Wildman–Crippen MR) is 58.1 cm³/mol. The molecule has 0 radical (unpaired) electrons. The number of nitrogens with zero attached hydrogens (tertiary/aromatic N) is 2. The van der Waals surface area contributed by atoms with Crippen molar-refractivity contribution in [3.8, 4) is 5.19 Å². The van der Waals surface area contributed by atoms with Crippen molar-refractivity contribution in [2.75, 3.05) is 6.54 Å². The fourth-order valence-corrected chi connectivity index (χ4v) is 1.68. The summed E-state index contributed by atoms with van der Waals surface area (Å²) in [6, 6.07) is 0. The van der Waals surface area contributed by atoms with E-state index in [1.165, 1.54) is 0 Å². The lowest BCUT2D eigenvalue weighted by molar-refractivity contribution is -0.189. The molecule has 0 aromatic carbocycles. The van der Waals surface area contributed by atoms with Crippen LogP contribution in [0.2, 0.25) is 0 Å². The molecule has 1 aromatic heterocycles. The lowest BCUT2D eigenvalue weighted by Gasteiger charge is -2.14. The minimum Gasteiger partial charge on any atom is -0.456 e. The van der Waals surface area contributed by atoms with Gasteiger partial charge in [0.15, 0.2) is 6.10 Å². The first kappa shape index (κ1) is 14.2. The number of alkyl halides is 3. The van der Waals surface area contributed by atoms with Gasteiger partial charge < -0.3 is 10.1 Å². The molecule has 17 heavy (non-hydrogen) atoms. The van der Waals surface area contributed by atoms with Crippen LogP contribution in [0.15, 0.2) is 0 Å². The minimum atomic E-state index is -4.38. The van der Waals surface area contributed by atoms with Crippen LogP contribution in [0, 0.1) is 0 Å². The maximum Gasteiger partial charge on any atom is 0.425 e. The standard InChI is InChI=1S/C9H14F3N3OS/c1-3-4-13-5-7-14-15-8(17-7)16-6(2)9(10,11)12/h6,13H,3-5H2,1-2H3. The molecule has 0 spiro atoms. The Labute approximate surface area is 101 Å². The molecule has 1 unspecified atom stereocenters. The Morgan fingerprint density at radius 3 is 2.71 bits per heavy atom. The molecule has 0 bridgehead atoms. The van der Waals surface area contributed by atoms with E-state index in [-0.39, 0.29) is 5.19 Å². The average Bonchev–Trinajstić information content (AvgIpc) is 2.65. The summed E-state index contributed by atoms with van der Waals surface area (Å²) in [5.74, 6) is 0. The molecule has 1 rings (SSSR count). The number of hydrogen-bond donors (Lipinski definition) is 1. The second-order valence-corrected chi connectivity index (χ2v) is 4.46. The summed E-state index contributed by atoms with van der Waals surface area (Å²) in [4.78, 5) is 0. The maximum absolute atomic E-state index is 12.2. The van der Waals surface area contributed by atoms with Crippen molar-refractivity contribution in [2.24, 2.45) is 0 Å². The summed E-state index contributed by atoms with van der Waals surface area (Å²) in [7, 11) is 0. The molecule has 4 nitrogen and oxygen atoms in total. The molecule has 0 aliphatic rings. The number of aromatic nitrogens is 2. The van der Waals surface area contributed by atoms with E-state index in [1.54, 1.807) is 0 Å². The first-order chi connectivity index (χ1) is 7.93. The Bertz CT molecular complexity index is 342. The molecule has 98 valence electrons. The quantitative estimate of drug-likeness (QED) is 0.805. The zero-order chi connectivity index (χ0) is 12.9. The molecule has 0 fully saturated rings. The van der Waals surface area contributed by atoms with Gasteiger partial charge in [-0.15, -0.1) is 5.10 Å². The van der Waals surface area contributed by atoms with E-state index in [0.29, 0.717) is 11.6 Å². The zero-order valence-electron chi connectivity index (χ0n) is 9.54. The van der Waals surface area contributed by atoms with Gasteiger partial charge in [-0.25, -0.2) is 0 Å². The van der Waals surface area contributed by atoms with E-state index in [4.69, 9.17) is 0 Å². The Balaban J connectivity index is 2.45. The second-order valence-electron chi connectivity index (χ2n) is 3.44. The summed E-state index contributed by atoms with van der Waals surface area (Å²) < 4.78 is 41.3. The van der Waals surface area contributed by atoms with Gasteiger partial charge >= 0.3 is 6.18 Å². The van der Waals surface area contributed by atoms with Crippen molar-refractivity contribution in [3.63, 3.8) is 0 Å². The van der Waals surface area contributed by atoms with Gasteiger partial charge in [-0.1, -0.05) is 23.4 Å². The number of rotatable bonds is 6. The van der Waals surface area contributed by atoms with Crippen molar-refractivity contribution in [2.45, 2.75) is 39.1 Å². The highest BCUT2D eigenvalue weighted by Crippen LogP contribution is 2.26. The Morgan fingerprint density at radius 2 is 2.12 bits per heavy atom. The number of hydrogen-bond acceptors (Lipinski definition) is 5. The van der Waals surface area contributed by atoms with Crippen LogP contribution in [0.3, 0.4) is 0 Å². The fraction of sp³-hybridized carbons (Fsp3) is 0.778. The summed E-state index contributed by atoms with van der Waals surface area (Å²) in [6.07, 6.45) is -5.27. The lowest BCUT2D eigenvalue weighted by atomic mass is 10.4. The van der Waals surface area contributed by atoms with Gasteiger partial charge in [-0.3, -0.25) is 0 Å². The maximum atomic E-state index is 12.2. The third kappa shape index (κ3) is 4.86. The first-order valence-electron chi connectivity index (χ1n) is 5.20. The van der Waals surface area contributed by atoms with Crippen LogP contribution in [0.1, 0.15) is 25.3 Å². The van der Waals surface area contributed by atoms with Crippen molar-refractivity contribution in [3.05, 3.63) is 5.01 Å². The average molecular weight is 269 g/mol. The van der Waals surface area contributed by atoms with Gasteiger partial charge in [0.1, 0.15) is 5.01 Å². The van der Waals surface area contributed by atoms with Crippen LogP contribution >= 0.6 is 11.3 Å². The highest BCUT2D eigenvalue weighted by atomic mass is 32.1. The molecule has 8 heteroatoms. The second kappa shape index (κ2) is 6.15. The third-order valence-electron chi connectivity index (χ3n) is 1.89. The van der Waals surface area contributed by atoms with Gasteiger partial charge in [0.2, 0.25) is 0 Å². The molecular formula is C9H14F3N3OS. The van der Waals surface area contributed by atoms with Crippen LogP contribution in [-0.4, -0.2) is 29.0 Å². The van der Waals surface area contributed by atoms with Gasteiger partial charge in [0.05, 0.1) is 0 Å². The number of nitrogens with one attached hydrogen (secondary N) is 1. The van der Waals surface area contributed by atoms with E-state index in [2.05, 4.69) is 20.3 Å². The van der Waals surface area contributed by atoms with E-state index in [0.717, 1.165) is 31.2 Å². The summed E-state index contributed by atoms with van der Waals surface area (Å²) in [5, 5.41) is 10.9. The van der Waals surface area contributed by atoms with Crippen LogP contribution < -0.4 is 10.1 Å². The molecule has 0 amide bonds. The van der Waals surface area contributed by atoms with E-state index in [1.807, 2.05) is 6.92 Å². The van der Waals surface area contributed by atoms with Crippen molar-refractivity contribution in [1.82, 2.24) is 15.5 Å². The molecule has 1 heterocycles. The van der Waals surface area contributed by atoms with Crippen molar-refractivity contribution < 1.29 is 17.9 Å². The fourth-order valence-electron chi connectivity index (χ4n) is 0.947. The third-order valence-corrected chi connectivity index (χ3v) is 2.70. The van der Waals surface area contributed by atoms with Crippen LogP contribution in [0.5, 0.6) is 5.19 Å². The van der Waals surface area contributed by atoms with Gasteiger partial charge in [-0.05, 0) is 19.9 Å². The van der Waals surface area contributed by atoms with Crippen LogP contribution in [0.4, 0.5) is 13.2 Å². The Morgan fingerprint density at radius 1 is 1.41 bits per heavy atom. The van der Waals surface area contributed by atoms with Crippen molar-refractivity contribution >= 4 is 11.3 Å². The Kier molecular flexibility index (Phi) is 5.13. The molecular weight excluding hydrogens is 255 g/mol. The molecule has 1 aromatic rings. The SMILES string of the molecule is CCCNCc1nnc(OC(C)C(F)(F)F)s1. The van der Waals surface area contributed by atoms with Gasteiger partial charge in [0.25, 0.3) is 5.19 Å². The minimum absolute atomic E-state index is 0.0527. The van der Waals surface area contributed by atoms with Gasteiger partial charge in [0, 0.05) is 6.54 Å². The largest absolute Gasteiger partial charge is 0.456 e. The van der Waals surface area contributed by atoms with Crippen LogP contribution in [-0.2, 0) is 6.54 Å². The molecule has 0 aliphatic heterocycles.